The summed E-state index contributed by atoms with van der Waals surface area (Å²) >= 11 is 1.78. The second-order valence-electron chi connectivity index (χ2n) is 21.0. The van der Waals surface area contributed by atoms with Crippen LogP contribution < -0.4 is 0 Å². The van der Waals surface area contributed by atoms with Crippen LogP contribution in [0.25, 0.3) is 152 Å². The van der Waals surface area contributed by atoms with Gasteiger partial charge < -0.3 is 18.3 Å². The van der Waals surface area contributed by atoms with Gasteiger partial charge in [0.2, 0.25) is 0 Å². The van der Waals surface area contributed by atoms with Gasteiger partial charge in [-0.2, -0.15) is 10.5 Å². The summed E-state index contributed by atoms with van der Waals surface area (Å²) in [6.45, 7) is 2.20. The number of nitriles is 2. The van der Waals surface area contributed by atoms with E-state index in [-0.39, 0.29) is 0 Å². The Labute approximate surface area is 461 Å². The van der Waals surface area contributed by atoms with Gasteiger partial charge in [-0.3, -0.25) is 0 Å². The molecule has 6 nitrogen and oxygen atoms in total. The Morgan fingerprint density at radius 3 is 1.19 bits per heavy atom. The lowest BCUT2D eigenvalue weighted by Crippen LogP contribution is -2.16. The maximum atomic E-state index is 12.9. The molecule has 0 radical (unpaired) electrons. The van der Waals surface area contributed by atoms with Crippen LogP contribution in [0.2, 0.25) is 0 Å². The molecule has 17 aromatic rings. The molecule has 0 saturated heterocycles. The number of thiophene rings is 1. The molecule has 0 fully saturated rings. The lowest BCUT2D eigenvalue weighted by molar-refractivity contribution is 1.03. The summed E-state index contributed by atoms with van der Waals surface area (Å²) < 4.78 is 11.5. The van der Waals surface area contributed by atoms with Crippen molar-refractivity contribution in [1.29, 1.82) is 10.5 Å². The van der Waals surface area contributed by atoms with Gasteiger partial charge in [-0.15, -0.1) is 11.3 Å². The molecule has 80 heavy (non-hydrogen) atoms. The Morgan fingerprint density at radius 2 is 0.713 bits per heavy atom. The van der Waals surface area contributed by atoms with Crippen LogP contribution in [0.5, 0.6) is 0 Å². The monoisotopic (exact) mass is 1030 g/mol. The molecule has 370 valence electrons. The molecule has 5 heterocycles. The average molecular weight is 1040 g/mol. The number of aryl methyl sites for hydroxylation is 1. The Balaban J connectivity index is 1.17. The van der Waals surface area contributed by atoms with Gasteiger partial charge in [0.25, 0.3) is 0 Å². The highest BCUT2D eigenvalue weighted by Crippen LogP contribution is 2.51. The summed E-state index contributed by atoms with van der Waals surface area (Å²) in [5.74, 6) is 0. The van der Waals surface area contributed by atoms with E-state index >= 15 is 0 Å². The minimum Gasteiger partial charge on any atom is -0.306 e. The van der Waals surface area contributed by atoms with Crippen LogP contribution in [0.1, 0.15) is 16.7 Å². The predicted molar refractivity (Wildman–Crippen MR) is 334 cm³/mol. The largest absolute Gasteiger partial charge is 0.306 e. The second kappa shape index (κ2) is 16.7. The summed E-state index contributed by atoms with van der Waals surface area (Å²) in [6, 6.07) is 90.0. The van der Waals surface area contributed by atoms with E-state index in [1.165, 1.54) is 32.0 Å². The molecule has 7 heteroatoms. The first-order valence-electron chi connectivity index (χ1n) is 27.0. The highest BCUT2D eigenvalue weighted by Gasteiger charge is 2.35. The molecule has 0 bridgehead atoms. The first-order valence-corrected chi connectivity index (χ1v) is 27.8. The van der Waals surface area contributed by atoms with Gasteiger partial charge in [-0.1, -0.05) is 182 Å². The van der Waals surface area contributed by atoms with Crippen LogP contribution in [0.3, 0.4) is 0 Å². The van der Waals surface area contributed by atoms with Crippen molar-refractivity contribution in [3.63, 3.8) is 0 Å². The number of rotatable bonds is 5. The number of hydrogen-bond acceptors (Lipinski definition) is 3. The van der Waals surface area contributed by atoms with Gasteiger partial charge in [0.15, 0.2) is 0 Å². The maximum Gasteiger partial charge on any atom is 0.104 e. The van der Waals surface area contributed by atoms with Gasteiger partial charge in [0, 0.05) is 58.6 Å². The third kappa shape index (κ3) is 5.88. The molecular weight excluding hydrogens is 993 g/mol. The fourth-order valence-corrected chi connectivity index (χ4v) is 14.9. The molecule has 0 amide bonds. The van der Waals surface area contributed by atoms with Crippen LogP contribution in [-0.2, 0) is 0 Å². The number of aromatic nitrogens is 4. The first-order chi connectivity index (χ1) is 39.6. The van der Waals surface area contributed by atoms with E-state index in [9.17, 15) is 10.5 Å². The highest BCUT2D eigenvalue weighted by molar-refractivity contribution is 7.26. The van der Waals surface area contributed by atoms with E-state index in [0.29, 0.717) is 33.9 Å². The van der Waals surface area contributed by atoms with Crippen LogP contribution in [0.15, 0.2) is 237 Å². The van der Waals surface area contributed by atoms with Gasteiger partial charge >= 0.3 is 0 Å². The Kier molecular flexibility index (Phi) is 9.25. The van der Waals surface area contributed by atoms with Crippen molar-refractivity contribution in [2.75, 3.05) is 0 Å². The van der Waals surface area contributed by atoms with Crippen LogP contribution in [-0.4, -0.2) is 18.3 Å². The zero-order chi connectivity index (χ0) is 52.9. The van der Waals surface area contributed by atoms with E-state index in [1.807, 2.05) is 0 Å². The minimum atomic E-state index is 0.426. The molecule has 0 aliphatic carbocycles. The number of benzene rings is 12. The van der Waals surface area contributed by atoms with Gasteiger partial charge in [-0.25, -0.2) is 0 Å². The highest BCUT2D eigenvalue weighted by atomic mass is 32.1. The zero-order valence-corrected chi connectivity index (χ0v) is 43.9. The fourth-order valence-electron chi connectivity index (χ4n) is 13.7. The number of nitrogens with zero attached hydrogens (tertiary/aromatic N) is 6. The van der Waals surface area contributed by atoms with Crippen molar-refractivity contribution in [3.8, 4) is 46.0 Å². The quantitative estimate of drug-likeness (QED) is 0.172. The van der Waals surface area contributed by atoms with Crippen LogP contribution in [0.4, 0.5) is 0 Å². The molecular formula is C73H42N6S. The summed E-state index contributed by atoms with van der Waals surface area (Å²) in [4.78, 5) is 0. The van der Waals surface area contributed by atoms with Gasteiger partial charge in [0.05, 0.1) is 71.6 Å². The number of para-hydroxylation sites is 6. The summed E-state index contributed by atoms with van der Waals surface area (Å²) in [6.07, 6.45) is 0. The zero-order valence-electron chi connectivity index (χ0n) is 43.1. The molecule has 17 rings (SSSR count). The van der Waals surface area contributed by atoms with Crippen LogP contribution >= 0.6 is 11.3 Å². The van der Waals surface area contributed by atoms with E-state index in [0.717, 1.165) is 103 Å². The summed E-state index contributed by atoms with van der Waals surface area (Å²) in [5, 5.41) is 38.8. The molecule has 0 N–H and O–H groups in total. The smallest absolute Gasteiger partial charge is 0.104 e. The molecule has 0 spiro atoms. The number of fused-ring (bicyclic) bond motifs is 17. The van der Waals surface area contributed by atoms with E-state index < -0.39 is 0 Å². The number of hydrogen-bond donors (Lipinski definition) is 0. The van der Waals surface area contributed by atoms with Crippen molar-refractivity contribution < 1.29 is 0 Å². The third-order valence-corrected chi connectivity index (χ3v) is 18.1. The maximum absolute atomic E-state index is 12.9. The summed E-state index contributed by atoms with van der Waals surface area (Å²) in [5.41, 5.74) is 14.3. The van der Waals surface area contributed by atoms with Crippen molar-refractivity contribution in [2.24, 2.45) is 0 Å². The Morgan fingerprint density at radius 1 is 0.325 bits per heavy atom. The topological polar surface area (TPSA) is 67.3 Å². The average Bonchev–Trinajstić information content (AvgIpc) is 3.48. The van der Waals surface area contributed by atoms with Gasteiger partial charge in [-0.05, 0) is 89.0 Å². The molecule has 12 aromatic carbocycles. The van der Waals surface area contributed by atoms with Crippen molar-refractivity contribution in [1.82, 2.24) is 18.3 Å². The Bertz CT molecular complexity index is 5500. The molecule has 5 aromatic heterocycles. The lowest BCUT2D eigenvalue weighted by atomic mass is 9.93. The molecule has 0 atom stereocenters. The van der Waals surface area contributed by atoms with Crippen molar-refractivity contribution in [2.45, 2.75) is 6.92 Å². The lowest BCUT2D eigenvalue weighted by Gasteiger charge is -2.27. The van der Waals surface area contributed by atoms with E-state index in [2.05, 4.69) is 274 Å². The summed E-state index contributed by atoms with van der Waals surface area (Å²) in [7, 11) is 0. The normalized spacial score (nSPS) is 12.0. The third-order valence-electron chi connectivity index (χ3n) is 17.0. The van der Waals surface area contributed by atoms with Crippen molar-refractivity contribution >= 4 is 130 Å². The van der Waals surface area contributed by atoms with Crippen LogP contribution in [0, 0.1) is 29.6 Å². The second-order valence-corrected chi connectivity index (χ2v) is 22.0. The molecule has 0 saturated carbocycles. The fraction of sp³-hybridized carbons (Fsp3) is 0.0137. The van der Waals surface area contributed by atoms with Crippen molar-refractivity contribution in [3.05, 3.63) is 253 Å². The van der Waals surface area contributed by atoms with E-state index in [1.54, 1.807) is 11.3 Å². The molecule has 0 aliphatic rings. The standard InChI is InChI=1S/C73H42N6S/c1-43-34-35-44-18-2-3-19-46(44)67(43)45-36-39-65-56(40-45)54-37-38-55-53-26-10-17-33-66(53)80-73(55)72(54)79(65)71-58(42-75)69(77-61-29-13-6-22-49(61)50-23-7-14-30-62(50)77)68(76-59-27-11-4-20-47(59)48-21-5-12-28-60(48)76)57(41-74)70(71)78-63-31-15-8-24-51(63)52-25-9-16-32-64(52)78/h2-40H,1H3. The minimum absolute atomic E-state index is 0.426. The Hall–Kier alpha value is -10.7. The SMILES string of the molecule is Cc1ccc2ccccc2c1-c1ccc2c(c1)c1ccc3c4ccccc4sc3c1n2-c1c(C#N)c(-n2c3ccccc3c3ccccc32)c(-n2c3ccccc3c3ccccc32)c(C#N)c1-n1c2ccccc2c2ccccc21. The van der Waals surface area contributed by atoms with Gasteiger partial charge in [0.1, 0.15) is 23.3 Å². The molecule has 0 aliphatic heterocycles. The molecule has 0 unspecified atom stereocenters. The first kappa shape index (κ1) is 44.4. The predicted octanol–water partition coefficient (Wildman–Crippen LogP) is 19.3. The van der Waals surface area contributed by atoms with E-state index in [4.69, 9.17) is 0 Å².